The molecule has 0 atom stereocenters. The largest absolute Gasteiger partial charge is 0.488 e. The van der Waals surface area contributed by atoms with Crippen LogP contribution in [0.2, 0.25) is 0 Å². The molecule has 0 fully saturated rings. The molecule has 0 radical (unpaired) electrons. The van der Waals surface area contributed by atoms with Crippen molar-refractivity contribution in [2.75, 3.05) is 6.61 Å². The highest BCUT2D eigenvalue weighted by Gasteiger charge is 2.19. The van der Waals surface area contributed by atoms with E-state index in [9.17, 15) is 4.79 Å². The number of nitrogens with two attached hydrogens (primary N) is 1. The van der Waals surface area contributed by atoms with Gasteiger partial charge in [-0.2, -0.15) is 0 Å². The Hall–Kier alpha value is -2.81. The predicted octanol–water partition coefficient (Wildman–Crippen LogP) is 3.31. The summed E-state index contributed by atoms with van der Waals surface area (Å²) in [4.78, 5) is 10.9. The average Bonchev–Trinajstić information content (AvgIpc) is 2.55. The maximum atomic E-state index is 10.9. The lowest BCUT2D eigenvalue weighted by Crippen LogP contribution is -2.11. The van der Waals surface area contributed by atoms with Crippen molar-refractivity contribution in [3.8, 4) is 5.75 Å². The Bertz CT molecular complexity index is 745. The van der Waals surface area contributed by atoms with Crippen LogP contribution in [0.4, 0.5) is 0 Å². The first-order valence-corrected chi connectivity index (χ1v) is 7.21. The maximum absolute atomic E-state index is 10.9. The molecule has 3 rings (SSSR count). The number of ether oxygens (including phenoxy) is 1. The van der Waals surface area contributed by atoms with Gasteiger partial charge in [0.25, 0.3) is 0 Å². The van der Waals surface area contributed by atoms with Gasteiger partial charge in [-0.15, -0.1) is 0 Å². The van der Waals surface area contributed by atoms with Gasteiger partial charge in [0.2, 0.25) is 5.91 Å². The third-order valence-corrected chi connectivity index (χ3v) is 3.56. The van der Waals surface area contributed by atoms with Crippen LogP contribution in [0.1, 0.15) is 17.5 Å². The van der Waals surface area contributed by atoms with E-state index >= 15 is 0 Å². The molecule has 0 aromatic heterocycles. The first kappa shape index (κ1) is 14.1. The highest BCUT2D eigenvalue weighted by Crippen LogP contribution is 2.37. The quantitative estimate of drug-likeness (QED) is 0.939. The molecule has 22 heavy (non-hydrogen) atoms. The van der Waals surface area contributed by atoms with Crippen molar-refractivity contribution in [2.45, 2.75) is 6.42 Å². The number of carbonyl (C=O) groups is 1. The summed E-state index contributed by atoms with van der Waals surface area (Å²) in [6, 6.07) is 18.2. The highest BCUT2D eigenvalue weighted by atomic mass is 16.5. The van der Waals surface area contributed by atoms with Crippen LogP contribution < -0.4 is 10.5 Å². The molecule has 0 saturated heterocycles. The van der Waals surface area contributed by atoms with Crippen molar-refractivity contribution in [3.05, 3.63) is 83.4 Å². The fraction of sp³-hybridized carbons (Fsp3) is 0.105. The normalized spacial score (nSPS) is 13.8. The Morgan fingerprint density at radius 3 is 2.59 bits per heavy atom. The van der Waals surface area contributed by atoms with Crippen molar-refractivity contribution in [1.82, 2.24) is 0 Å². The molecule has 2 aromatic rings. The van der Waals surface area contributed by atoms with E-state index in [0.29, 0.717) is 6.61 Å². The van der Waals surface area contributed by atoms with Crippen molar-refractivity contribution >= 4 is 11.5 Å². The summed E-state index contributed by atoms with van der Waals surface area (Å²) in [5.74, 6) is 0.545. The summed E-state index contributed by atoms with van der Waals surface area (Å²) in [6.45, 7) is 0.483. The molecule has 2 N–H and O–H groups in total. The SMILES string of the molecule is NC(=O)CC=CC1=C(c2ccccc2)c2ccccc2OC1. The van der Waals surface area contributed by atoms with E-state index in [2.05, 4.69) is 18.2 Å². The minimum Gasteiger partial charge on any atom is -0.488 e. The number of rotatable bonds is 4. The van der Waals surface area contributed by atoms with Gasteiger partial charge in [0.1, 0.15) is 12.4 Å². The Kier molecular flexibility index (Phi) is 4.05. The van der Waals surface area contributed by atoms with Gasteiger partial charge in [0.05, 0.1) is 0 Å². The predicted molar refractivity (Wildman–Crippen MR) is 87.4 cm³/mol. The second kappa shape index (κ2) is 6.31. The molecule has 0 saturated carbocycles. The summed E-state index contributed by atoms with van der Waals surface area (Å²) in [5, 5.41) is 0. The molecule has 1 aliphatic heterocycles. The molecule has 1 heterocycles. The van der Waals surface area contributed by atoms with E-state index in [1.807, 2.05) is 42.5 Å². The molecule has 0 unspecified atom stereocenters. The summed E-state index contributed by atoms with van der Waals surface area (Å²) in [5.41, 5.74) is 9.59. The lowest BCUT2D eigenvalue weighted by atomic mass is 9.90. The zero-order valence-electron chi connectivity index (χ0n) is 12.2. The van der Waals surface area contributed by atoms with Crippen molar-refractivity contribution in [2.24, 2.45) is 5.73 Å². The summed E-state index contributed by atoms with van der Waals surface area (Å²) >= 11 is 0. The summed E-state index contributed by atoms with van der Waals surface area (Å²) < 4.78 is 5.82. The van der Waals surface area contributed by atoms with Gasteiger partial charge in [-0.05, 0) is 22.8 Å². The first-order chi connectivity index (χ1) is 10.8. The molecule has 2 aromatic carbocycles. The fourth-order valence-corrected chi connectivity index (χ4v) is 2.59. The lowest BCUT2D eigenvalue weighted by molar-refractivity contribution is -0.117. The summed E-state index contributed by atoms with van der Waals surface area (Å²) in [7, 11) is 0. The second-order valence-electron chi connectivity index (χ2n) is 5.12. The first-order valence-electron chi connectivity index (χ1n) is 7.21. The highest BCUT2D eigenvalue weighted by molar-refractivity contribution is 5.87. The standard InChI is InChI=1S/C19H17NO2/c20-18(21)12-6-9-15-13-22-17-11-5-4-10-16(17)19(15)14-7-2-1-3-8-14/h1-11H,12-13H2,(H2,20,21). The average molecular weight is 291 g/mol. The molecule has 110 valence electrons. The Morgan fingerprint density at radius 1 is 1.09 bits per heavy atom. The number of para-hydroxylation sites is 1. The van der Waals surface area contributed by atoms with Crippen LogP contribution in [-0.2, 0) is 4.79 Å². The van der Waals surface area contributed by atoms with Crippen molar-refractivity contribution in [1.29, 1.82) is 0 Å². The molecular weight excluding hydrogens is 274 g/mol. The number of primary amides is 1. The van der Waals surface area contributed by atoms with Gasteiger partial charge < -0.3 is 10.5 Å². The molecule has 0 spiro atoms. The number of benzene rings is 2. The second-order valence-corrected chi connectivity index (χ2v) is 5.12. The van der Waals surface area contributed by atoms with Crippen LogP contribution in [-0.4, -0.2) is 12.5 Å². The van der Waals surface area contributed by atoms with E-state index in [0.717, 1.165) is 28.0 Å². The maximum Gasteiger partial charge on any atom is 0.221 e. The van der Waals surface area contributed by atoms with E-state index in [4.69, 9.17) is 10.5 Å². The topological polar surface area (TPSA) is 52.3 Å². The third-order valence-electron chi connectivity index (χ3n) is 3.56. The minimum atomic E-state index is -0.338. The van der Waals surface area contributed by atoms with Gasteiger partial charge in [0, 0.05) is 12.0 Å². The molecule has 1 amide bonds. The smallest absolute Gasteiger partial charge is 0.221 e. The molecule has 3 nitrogen and oxygen atoms in total. The van der Waals surface area contributed by atoms with Crippen LogP contribution in [0.3, 0.4) is 0 Å². The van der Waals surface area contributed by atoms with E-state index in [-0.39, 0.29) is 12.3 Å². The van der Waals surface area contributed by atoms with Crippen LogP contribution in [0.25, 0.3) is 5.57 Å². The van der Waals surface area contributed by atoms with E-state index in [1.54, 1.807) is 6.08 Å². The van der Waals surface area contributed by atoms with E-state index < -0.39 is 0 Å². The number of hydrogen-bond acceptors (Lipinski definition) is 2. The minimum absolute atomic E-state index is 0.229. The van der Waals surface area contributed by atoms with Gasteiger partial charge >= 0.3 is 0 Å². The number of fused-ring (bicyclic) bond motifs is 1. The lowest BCUT2D eigenvalue weighted by Gasteiger charge is -2.23. The van der Waals surface area contributed by atoms with Gasteiger partial charge in [-0.1, -0.05) is 60.7 Å². The van der Waals surface area contributed by atoms with Crippen LogP contribution in [0.15, 0.2) is 72.3 Å². The molecule has 1 aliphatic rings. The zero-order chi connectivity index (χ0) is 15.4. The Labute approximate surface area is 129 Å². The van der Waals surface area contributed by atoms with Crippen LogP contribution >= 0.6 is 0 Å². The van der Waals surface area contributed by atoms with Crippen LogP contribution in [0.5, 0.6) is 5.75 Å². The third kappa shape index (κ3) is 2.93. The molecule has 0 bridgehead atoms. The fourth-order valence-electron chi connectivity index (χ4n) is 2.59. The zero-order valence-corrected chi connectivity index (χ0v) is 12.2. The Balaban J connectivity index is 2.10. The number of amides is 1. The summed E-state index contributed by atoms with van der Waals surface area (Å²) in [6.07, 6.45) is 3.95. The molecule has 3 heteroatoms. The molecular formula is C19H17NO2. The number of carbonyl (C=O) groups excluding carboxylic acids is 1. The van der Waals surface area contributed by atoms with Crippen LogP contribution in [0, 0.1) is 0 Å². The van der Waals surface area contributed by atoms with Gasteiger partial charge in [-0.25, -0.2) is 0 Å². The Morgan fingerprint density at radius 2 is 1.82 bits per heavy atom. The van der Waals surface area contributed by atoms with Crippen molar-refractivity contribution < 1.29 is 9.53 Å². The molecule has 0 aliphatic carbocycles. The van der Waals surface area contributed by atoms with Gasteiger partial charge in [0.15, 0.2) is 0 Å². The monoisotopic (exact) mass is 291 g/mol. The van der Waals surface area contributed by atoms with Crippen molar-refractivity contribution in [3.63, 3.8) is 0 Å². The van der Waals surface area contributed by atoms with E-state index in [1.165, 1.54) is 0 Å². The van der Waals surface area contributed by atoms with Gasteiger partial charge in [-0.3, -0.25) is 4.79 Å². The number of hydrogen-bond donors (Lipinski definition) is 1.